The fraction of sp³-hybridized carbons (Fsp3) is 0.455. The van der Waals surface area contributed by atoms with Crippen LogP contribution in [0.25, 0.3) is 0 Å². The summed E-state index contributed by atoms with van der Waals surface area (Å²) in [5.74, 6) is 0.420. The minimum absolute atomic E-state index is 0.420. The van der Waals surface area contributed by atoms with Crippen molar-refractivity contribution in [3.8, 4) is 5.75 Å². The molecule has 0 bridgehead atoms. The van der Waals surface area contributed by atoms with Gasteiger partial charge in [0.25, 0.3) is 0 Å². The third-order valence-electron chi connectivity index (χ3n) is 2.22. The summed E-state index contributed by atoms with van der Waals surface area (Å²) in [4.78, 5) is 0. The molecule has 12 heavy (non-hydrogen) atoms. The van der Waals surface area contributed by atoms with E-state index in [1.165, 1.54) is 18.4 Å². The van der Waals surface area contributed by atoms with Gasteiger partial charge in [-0.2, -0.15) is 0 Å². The number of hydrogen-bond donors (Lipinski definition) is 1. The number of phenolic OH excluding ortho intramolecular Hbond substituents is 1. The first-order valence-corrected chi connectivity index (χ1v) is 4.53. The minimum Gasteiger partial charge on any atom is -0.508 e. The molecule has 0 saturated carbocycles. The Morgan fingerprint density at radius 3 is 2.75 bits per heavy atom. The van der Waals surface area contributed by atoms with Gasteiger partial charge in [0.1, 0.15) is 5.75 Å². The smallest absolute Gasteiger partial charge is 0.118 e. The zero-order chi connectivity index (χ0) is 8.97. The van der Waals surface area contributed by atoms with Crippen molar-refractivity contribution < 1.29 is 5.11 Å². The van der Waals surface area contributed by atoms with Gasteiger partial charge in [-0.05, 0) is 37.0 Å². The van der Waals surface area contributed by atoms with Crippen LogP contribution in [0.3, 0.4) is 0 Å². The zero-order valence-electron chi connectivity index (χ0n) is 7.80. The summed E-state index contributed by atoms with van der Waals surface area (Å²) in [6.45, 7) is 4.15. The van der Waals surface area contributed by atoms with Crippen molar-refractivity contribution in [1.29, 1.82) is 0 Å². The molecule has 0 aromatic heterocycles. The lowest BCUT2D eigenvalue weighted by Gasteiger charge is -2.05. The molecule has 0 atom stereocenters. The van der Waals surface area contributed by atoms with Crippen LogP contribution in [0, 0.1) is 6.92 Å². The summed E-state index contributed by atoms with van der Waals surface area (Å²) < 4.78 is 0. The first-order valence-electron chi connectivity index (χ1n) is 4.53. The zero-order valence-corrected chi connectivity index (χ0v) is 7.80. The van der Waals surface area contributed by atoms with Gasteiger partial charge < -0.3 is 5.11 Å². The molecule has 0 radical (unpaired) electrons. The van der Waals surface area contributed by atoms with E-state index in [0.29, 0.717) is 5.75 Å². The predicted molar refractivity (Wildman–Crippen MR) is 51.5 cm³/mol. The van der Waals surface area contributed by atoms with Crippen LogP contribution in [-0.4, -0.2) is 5.11 Å². The molecule has 0 aliphatic heterocycles. The summed E-state index contributed by atoms with van der Waals surface area (Å²) in [7, 11) is 0. The molecule has 0 saturated heterocycles. The standard InChI is InChI=1S/C11H16O/c1-3-4-6-10-7-5-8-11(12)9(10)2/h5,7-8,12H,3-4,6H2,1-2H3. The van der Waals surface area contributed by atoms with Crippen LogP contribution in [0.15, 0.2) is 18.2 Å². The summed E-state index contributed by atoms with van der Waals surface area (Å²) in [5.41, 5.74) is 2.31. The highest BCUT2D eigenvalue weighted by Crippen LogP contribution is 2.20. The Labute approximate surface area is 74.1 Å². The molecule has 0 heterocycles. The average Bonchev–Trinajstić information content (AvgIpc) is 2.08. The Bertz CT molecular complexity index is 253. The highest BCUT2D eigenvalue weighted by Gasteiger charge is 2.00. The molecule has 1 aromatic carbocycles. The van der Waals surface area contributed by atoms with Crippen LogP contribution >= 0.6 is 0 Å². The third-order valence-corrected chi connectivity index (χ3v) is 2.22. The number of benzene rings is 1. The largest absolute Gasteiger partial charge is 0.508 e. The van der Waals surface area contributed by atoms with E-state index in [4.69, 9.17) is 0 Å². The molecular weight excluding hydrogens is 148 g/mol. The van der Waals surface area contributed by atoms with E-state index in [-0.39, 0.29) is 0 Å². The van der Waals surface area contributed by atoms with Crippen molar-refractivity contribution in [1.82, 2.24) is 0 Å². The van der Waals surface area contributed by atoms with Gasteiger partial charge >= 0.3 is 0 Å². The molecule has 0 fully saturated rings. The van der Waals surface area contributed by atoms with Crippen molar-refractivity contribution in [3.05, 3.63) is 29.3 Å². The quantitative estimate of drug-likeness (QED) is 0.728. The minimum atomic E-state index is 0.420. The second kappa shape index (κ2) is 4.15. The molecule has 0 aliphatic carbocycles. The lowest BCUT2D eigenvalue weighted by molar-refractivity contribution is 0.470. The van der Waals surface area contributed by atoms with Crippen LogP contribution < -0.4 is 0 Å². The first kappa shape index (κ1) is 9.11. The number of unbranched alkanes of at least 4 members (excludes halogenated alkanes) is 1. The summed E-state index contributed by atoms with van der Waals surface area (Å²) >= 11 is 0. The van der Waals surface area contributed by atoms with Crippen LogP contribution in [0.4, 0.5) is 0 Å². The maximum absolute atomic E-state index is 9.40. The highest BCUT2D eigenvalue weighted by molar-refractivity contribution is 5.37. The molecule has 0 amide bonds. The fourth-order valence-electron chi connectivity index (χ4n) is 1.31. The Morgan fingerprint density at radius 2 is 2.08 bits per heavy atom. The van der Waals surface area contributed by atoms with Crippen LogP contribution in [0.2, 0.25) is 0 Å². The van der Waals surface area contributed by atoms with Crippen molar-refractivity contribution >= 4 is 0 Å². The maximum Gasteiger partial charge on any atom is 0.118 e. The average molecular weight is 164 g/mol. The fourth-order valence-corrected chi connectivity index (χ4v) is 1.31. The van der Waals surface area contributed by atoms with Gasteiger partial charge in [-0.1, -0.05) is 25.5 Å². The van der Waals surface area contributed by atoms with Gasteiger partial charge in [0.05, 0.1) is 0 Å². The second-order valence-corrected chi connectivity index (χ2v) is 3.16. The van der Waals surface area contributed by atoms with Crippen LogP contribution in [-0.2, 0) is 6.42 Å². The van der Waals surface area contributed by atoms with E-state index in [9.17, 15) is 5.11 Å². The molecule has 0 aliphatic rings. The molecular formula is C11H16O. The van der Waals surface area contributed by atoms with Gasteiger partial charge in [-0.25, -0.2) is 0 Å². The molecule has 0 spiro atoms. The number of rotatable bonds is 3. The Balaban J connectivity index is 2.78. The molecule has 1 rings (SSSR count). The van der Waals surface area contributed by atoms with Crippen LogP contribution in [0.1, 0.15) is 30.9 Å². The summed E-state index contributed by atoms with van der Waals surface area (Å²) in [6, 6.07) is 5.74. The van der Waals surface area contributed by atoms with E-state index in [0.717, 1.165) is 12.0 Å². The normalized spacial score (nSPS) is 10.2. The van der Waals surface area contributed by atoms with E-state index in [1.54, 1.807) is 6.07 Å². The maximum atomic E-state index is 9.40. The number of aromatic hydroxyl groups is 1. The number of phenols is 1. The predicted octanol–water partition coefficient (Wildman–Crippen LogP) is 3.04. The molecule has 0 unspecified atom stereocenters. The van der Waals surface area contributed by atoms with E-state index in [2.05, 4.69) is 13.0 Å². The molecule has 1 N–H and O–H groups in total. The van der Waals surface area contributed by atoms with Crippen molar-refractivity contribution in [2.24, 2.45) is 0 Å². The lowest BCUT2D eigenvalue weighted by Crippen LogP contribution is -1.88. The summed E-state index contributed by atoms with van der Waals surface area (Å²) in [6.07, 6.45) is 3.48. The van der Waals surface area contributed by atoms with Gasteiger partial charge in [0.2, 0.25) is 0 Å². The SMILES string of the molecule is CCCCc1cccc(O)c1C. The van der Waals surface area contributed by atoms with Gasteiger partial charge in [0, 0.05) is 0 Å². The van der Waals surface area contributed by atoms with Crippen LogP contribution in [0.5, 0.6) is 5.75 Å². The van der Waals surface area contributed by atoms with E-state index in [1.807, 2.05) is 13.0 Å². The first-order chi connectivity index (χ1) is 5.75. The Kier molecular flexibility index (Phi) is 3.15. The molecule has 1 nitrogen and oxygen atoms in total. The van der Waals surface area contributed by atoms with Gasteiger partial charge in [-0.15, -0.1) is 0 Å². The highest BCUT2D eigenvalue weighted by atomic mass is 16.3. The Hall–Kier alpha value is -0.980. The topological polar surface area (TPSA) is 20.2 Å². The summed E-state index contributed by atoms with van der Waals surface area (Å²) in [5, 5.41) is 9.40. The van der Waals surface area contributed by atoms with Gasteiger partial charge in [0.15, 0.2) is 0 Å². The number of hydrogen-bond acceptors (Lipinski definition) is 1. The van der Waals surface area contributed by atoms with Crippen molar-refractivity contribution in [3.63, 3.8) is 0 Å². The molecule has 1 heteroatoms. The third kappa shape index (κ3) is 2.00. The molecule has 1 aromatic rings. The monoisotopic (exact) mass is 164 g/mol. The lowest BCUT2D eigenvalue weighted by atomic mass is 10.0. The van der Waals surface area contributed by atoms with Crippen molar-refractivity contribution in [2.75, 3.05) is 0 Å². The number of aryl methyl sites for hydroxylation is 1. The van der Waals surface area contributed by atoms with Crippen molar-refractivity contribution in [2.45, 2.75) is 33.1 Å². The van der Waals surface area contributed by atoms with E-state index < -0.39 is 0 Å². The van der Waals surface area contributed by atoms with Gasteiger partial charge in [-0.3, -0.25) is 0 Å². The Morgan fingerprint density at radius 1 is 1.33 bits per heavy atom. The molecule has 66 valence electrons. The van der Waals surface area contributed by atoms with E-state index >= 15 is 0 Å². The second-order valence-electron chi connectivity index (χ2n) is 3.16.